The molecule has 0 spiro atoms. The van der Waals surface area contributed by atoms with E-state index in [0.717, 1.165) is 6.07 Å². The summed E-state index contributed by atoms with van der Waals surface area (Å²) >= 11 is -3.83. The summed E-state index contributed by atoms with van der Waals surface area (Å²) in [6.07, 6.45) is -5.49. The van der Waals surface area contributed by atoms with E-state index < -0.39 is 46.5 Å². The third kappa shape index (κ3) is 6.08. The molecule has 23 heavy (non-hydrogen) atoms. The van der Waals surface area contributed by atoms with Crippen molar-refractivity contribution in [3.05, 3.63) is 29.3 Å². The van der Waals surface area contributed by atoms with Gasteiger partial charge in [0.1, 0.15) is 5.75 Å². The van der Waals surface area contributed by atoms with Crippen LogP contribution in [0, 0.1) is 0 Å². The maximum Gasteiger partial charge on any atom is 0.508 e. The summed E-state index contributed by atoms with van der Waals surface area (Å²) < 4.78 is 94.0. The van der Waals surface area contributed by atoms with Crippen LogP contribution in [0.4, 0.5) is 26.3 Å². The van der Waals surface area contributed by atoms with E-state index in [4.69, 9.17) is 0 Å². The van der Waals surface area contributed by atoms with Crippen LogP contribution in [0.3, 0.4) is 0 Å². The molecule has 11 heteroatoms. The molecule has 0 fully saturated rings. The van der Waals surface area contributed by atoms with E-state index in [1.165, 1.54) is 6.92 Å². The molecule has 0 bridgehead atoms. The molecule has 0 aliphatic rings. The van der Waals surface area contributed by atoms with Gasteiger partial charge in [-0.1, -0.05) is 0 Å². The van der Waals surface area contributed by atoms with Crippen LogP contribution in [0.2, 0.25) is 0 Å². The average Bonchev–Trinajstić information content (AvgIpc) is 2.36. The van der Waals surface area contributed by atoms with Crippen LogP contribution in [-0.4, -0.2) is 22.3 Å². The van der Waals surface area contributed by atoms with Crippen LogP contribution in [0.25, 0.3) is 0 Å². The van der Waals surface area contributed by atoms with Crippen molar-refractivity contribution in [3.8, 4) is 5.75 Å². The van der Waals surface area contributed by atoms with E-state index in [2.05, 4.69) is 8.92 Å². The number of carbonyl (C=O) groups is 1. The van der Waals surface area contributed by atoms with Crippen molar-refractivity contribution in [1.82, 2.24) is 0 Å². The van der Waals surface area contributed by atoms with Crippen molar-refractivity contribution >= 4 is 17.0 Å². The van der Waals surface area contributed by atoms with Crippen molar-refractivity contribution in [2.24, 2.45) is 0 Å². The van der Waals surface area contributed by atoms with E-state index in [1.807, 2.05) is 0 Å². The Bertz CT molecular complexity index is 596. The zero-order valence-electron chi connectivity index (χ0n) is 11.5. The van der Waals surface area contributed by atoms with E-state index in [1.54, 1.807) is 0 Å². The van der Waals surface area contributed by atoms with Crippen molar-refractivity contribution in [2.75, 3.05) is 6.61 Å². The van der Waals surface area contributed by atoms with Gasteiger partial charge in [0.15, 0.2) is 0 Å². The number of alkyl halides is 6. The fourth-order valence-corrected chi connectivity index (χ4v) is 1.85. The second kappa shape index (κ2) is 7.20. The molecule has 0 N–H and O–H groups in total. The number of esters is 1. The monoisotopic (exact) mass is 364 g/mol. The summed E-state index contributed by atoms with van der Waals surface area (Å²) in [7, 11) is 0. The van der Waals surface area contributed by atoms with E-state index in [-0.39, 0.29) is 18.2 Å². The lowest BCUT2D eigenvalue weighted by Crippen LogP contribution is -2.21. The fraction of sp³-hybridized carbons (Fsp3) is 0.417. The molecule has 4 nitrogen and oxygen atoms in total. The quantitative estimate of drug-likeness (QED) is 0.594. The topological polar surface area (TPSA) is 52.6 Å². The molecular weight excluding hydrogens is 354 g/mol. The first-order valence-corrected chi connectivity index (χ1v) is 7.04. The van der Waals surface area contributed by atoms with E-state index in [0.29, 0.717) is 6.07 Å². The van der Waals surface area contributed by atoms with Gasteiger partial charge in [0.25, 0.3) is 0 Å². The van der Waals surface area contributed by atoms with Gasteiger partial charge in [-0.05, 0) is 30.7 Å². The third-order valence-electron chi connectivity index (χ3n) is 2.31. The van der Waals surface area contributed by atoms with Crippen molar-refractivity contribution in [2.45, 2.75) is 25.0 Å². The second-order valence-corrected chi connectivity index (χ2v) is 5.21. The van der Waals surface area contributed by atoms with Gasteiger partial charge in [-0.25, -0.2) is 4.21 Å². The van der Waals surface area contributed by atoms with E-state index >= 15 is 0 Å². The minimum Gasteiger partial charge on any atom is -0.466 e. The summed E-state index contributed by atoms with van der Waals surface area (Å²) in [5.41, 5.74) is -6.88. The van der Waals surface area contributed by atoms with Crippen LogP contribution in [0.15, 0.2) is 18.2 Å². The molecule has 0 amide bonds. The van der Waals surface area contributed by atoms with Crippen LogP contribution < -0.4 is 4.18 Å². The predicted molar refractivity (Wildman–Crippen MR) is 66.6 cm³/mol. The molecule has 0 aromatic heterocycles. The molecule has 0 saturated heterocycles. The van der Waals surface area contributed by atoms with Crippen LogP contribution in [-0.2, 0) is 33.2 Å². The SMILES string of the molecule is CCOC(=O)Cc1cc(OS(=O)C(F)(F)F)cc(C(F)(F)F)c1. The molecule has 1 atom stereocenters. The van der Waals surface area contributed by atoms with Gasteiger partial charge in [0.05, 0.1) is 18.6 Å². The summed E-state index contributed by atoms with van der Waals surface area (Å²) in [6.45, 7) is 1.46. The number of hydrogen-bond acceptors (Lipinski definition) is 4. The zero-order valence-corrected chi connectivity index (χ0v) is 12.3. The third-order valence-corrected chi connectivity index (χ3v) is 3.03. The standard InChI is InChI=1S/C12H10F6O4S/c1-2-21-10(19)5-7-3-8(11(13,14)15)6-9(4-7)22-23(20)12(16,17)18/h3-4,6H,2,5H2,1H3. The van der Waals surface area contributed by atoms with Gasteiger partial charge >= 0.3 is 28.7 Å². The molecule has 130 valence electrons. The Morgan fingerprint density at radius 1 is 1.13 bits per heavy atom. The summed E-state index contributed by atoms with van der Waals surface area (Å²) in [5.74, 6) is -1.79. The predicted octanol–water partition coefficient (Wildman–Crippen LogP) is 3.37. The van der Waals surface area contributed by atoms with E-state index in [9.17, 15) is 35.3 Å². The lowest BCUT2D eigenvalue weighted by Gasteiger charge is -2.13. The van der Waals surface area contributed by atoms with Crippen molar-refractivity contribution in [3.63, 3.8) is 0 Å². The van der Waals surface area contributed by atoms with Gasteiger partial charge in [-0.15, -0.1) is 0 Å². The Hall–Kier alpha value is -1.78. The lowest BCUT2D eigenvalue weighted by atomic mass is 10.1. The second-order valence-electron chi connectivity index (χ2n) is 4.11. The Kier molecular flexibility index (Phi) is 6.03. The molecule has 0 aliphatic carbocycles. The number of carbonyl (C=O) groups excluding carboxylic acids is 1. The number of ether oxygens (including phenoxy) is 1. The highest BCUT2D eigenvalue weighted by atomic mass is 32.2. The smallest absolute Gasteiger partial charge is 0.466 e. The Morgan fingerprint density at radius 3 is 2.22 bits per heavy atom. The maximum atomic E-state index is 12.7. The molecular formula is C12H10F6O4S. The minimum atomic E-state index is -5.25. The number of hydrogen-bond donors (Lipinski definition) is 0. The first-order chi connectivity index (χ1) is 10.4. The zero-order chi connectivity index (χ0) is 17.8. The Balaban J connectivity index is 3.15. The number of benzene rings is 1. The van der Waals surface area contributed by atoms with Gasteiger partial charge in [-0.2, -0.15) is 26.3 Å². The first kappa shape index (κ1) is 19.3. The van der Waals surface area contributed by atoms with Gasteiger partial charge in [-0.3, -0.25) is 4.79 Å². The minimum absolute atomic E-state index is 0.0146. The Morgan fingerprint density at radius 2 is 1.74 bits per heavy atom. The first-order valence-electron chi connectivity index (χ1n) is 5.97. The summed E-state index contributed by atoms with van der Waals surface area (Å²) in [6, 6.07) is 1.59. The largest absolute Gasteiger partial charge is 0.508 e. The molecule has 1 aromatic carbocycles. The van der Waals surface area contributed by atoms with Gasteiger partial charge in [0.2, 0.25) is 0 Å². The highest BCUT2D eigenvalue weighted by Gasteiger charge is 2.40. The molecule has 0 saturated carbocycles. The fourth-order valence-electron chi connectivity index (χ4n) is 1.49. The average molecular weight is 364 g/mol. The van der Waals surface area contributed by atoms with Crippen LogP contribution in [0.5, 0.6) is 5.75 Å². The van der Waals surface area contributed by atoms with Crippen LogP contribution in [0.1, 0.15) is 18.1 Å². The highest BCUT2D eigenvalue weighted by molar-refractivity contribution is 7.81. The maximum absolute atomic E-state index is 12.7. The van der Waals surface area contributed by atoms with Gasteiger partial charge < -0.3 is 8.92 Å². The Labute approximate surface area is 129 Å². The molecule has 0 heterocycles. The van der Waals surface area contributed by atoms with Crippen molar-refractivity contribution in [1.29, 1.82) is 0 Å². The van der Waals surface area contributed by atoms with Gasteiger partial charge in [0, 0.05) is 0 Å². The number of rotatable bonds is 5. The number of halogens is 6. The molecule has 1 rings (SSSR count). The molecule has 1 aromatic rings. The molecule has 0 radical (unpaired) electrons. The summed E-state index contributed by atoms with van der Waals surface area (Å²) in [4.78, 5) is 11.3. The highest BCUT2D eigenvalue weighted by Crippen LogP contribution is 2.34. The molecule has 1 unspecified atom stereocenters. The molecule has 0 aliphatic heterocycles. The van der Waals surface area contributed by atoms with Crippen LogP contribution >= 0.6 is 0 Å². The van der Waals surface area contributed by atoms with Crippen molar-refractivity contribution < 1.29 is 44.3 Å². The normalized spacial score (nSPS) is 13.5. The summed E-state index contributed by atoms with van der Waals surface area (Å²) in [5, 5.41) is 0. The lowest BCUT2D eigenvalue weighted by molar-refractivity contribution is -0.142.